The van der Waals surface area contributed by atoms with Gasteiger partial charge in [-0.3, -0.25) is 4.79 Å². The second-order valence-electron chi connectivity index (χ2n) is 6.20. The first-order valence-corrected chi connectivity index (χ1v) is 9.83. The van der Waals surface area contributed by atoms with Crippen LogP contribution in [0.2, 0.25) is 10.0 Å². The normalized spacial score (nSPS) is 10.7. The van der Waals surface area contributed by atoms with Crippen molar-refractivity contribution in [2.24, 2.45) is 0 Å². The van der Waals surface area contributed by atoms with Gasteiger partial charge in [0.15, 0.2) is 0 Å². The van der Waals surface area contributed by atoms with Crippen molar-refractivity contribution >= 4 is 34.8 Å². The molecule has 0 radical (unpaired) electrons. The van der Waals surface area contributed by atoms with Crippen molar-refractivity contribution in [1.29, 1.82) is 0 Å². The molecule has 0 aliphatic rings. The van der Waals surface area contributed by atoms with Crippen LogP contribution >= 0.6 is 23.2 Å². The van der Waals surface area contributed by atoms with Crippen molar-refractivity contribution in [2.75, 3.05) is 5.32 Å². The van der Waals surface area contributed by atoms with Crippen molar-refractivity contribution in [3.8, 4) is 11.6 Å². The first-order chi connectivity index (χ1) is 13.5. The molecule has 0 fully saturated rings. The standard InChI is InChI=1S/C21H21Cl2N3O2/c1-3-18-19(13-20(27)24-16-8-6-5-7-9-16)25-26(4-2)21(18)28-17-11-14(22)10-15(23)12-17/h5-12H,3-4,13H2,1-2H3,(H,24,27). The van der Waals surface area contributed by atoms with Gasteiger partial charge < -0.3 is 10.1 Å². The van der Waals surface area contributed by atoms with Gasteiger partial charge in [-0.2, -0.15) is 5.10 Å². The van der Waals surface area contributed by atoms with Gasteiger partial charge in [-0.1, -0.05) is 48.3 Å². The quantitative estimate of drug-likeness (QED) is 0.532. The Labute approximate surface area is 174 Å². The number of nitrogens with zero attached hydrogens (tertiary/aromatic N) is 2. The van der Waals surface area contributed by atoms with Crippen LogP contribution in [0.15, 0.2) is 48.5 Å². The first kappa shape index (κ1) is 20.2. The average Bonchev–Trinajstić information content (AvgIpc) is 2.97. The Balaban J connectivity index is 1.85. The molecule has 0 atom stereocenters. The minimum absolute atomic E-state index is 0.126. The molecule has 7 heteroatoms. The van der Waals surface area contributed by atoms with Gasteiger partial charge in [0.25, 0.3) is 0 Å². The number of amides is 1. The second kappa shape index (κ2) is 9.13. The van der Waals surface area contributed by atoms with E-state index in [2.05, 4.69) is 10.4 Å². The summed E-state index contributed by atoms with van der Waals surface area (Å²) in [6, 6.07) is 14.4. The van der Waals surface area contributed by atoms with Gasteiger partial charge in [0, 0.05) is 27.8 Å². The summed E-state index contributed by atoms with van der Waals surface area (Å²) < 4.78 is 7.81. The number of carbonyl (C=O) groups excluding carboxylic acids is 1. The maximum atomic E-state index is 12.5. The fourth-order valence-corrected chi connectivity index (χ4v) is 3.44. The largest absolute Gasteiger partial charge is 0.439 e. The number of rotatable bonds is 7. The predicted molar refractivity (Wildman–Crippen MR) is 113 cm³/mol. The third kappa shape index (κ3) is 4.86. The van der Waals surface area contributed by atoms with E-state index in [-0.39, 0.29) is 12.3 Å². The zero-order chi connectivity index (χ0) is 20.1. The fourth-order valence-electron chi connectivity index (χ4n) is 2.93. The lowest BCUT2D eigenvalue weighted by molar-refractivity contribution is -0.115. The van der Waals surface area contributed by atoms with Crippen LogP contribution in [0.4, 0.5) is 5.69 Å². The van der Waals surface area contributed by atoms with Crippen molar-refractivity contribution < 1.29 is 9.53 Å². The number of carbonyl (C=O) groups is 1. The van der Waals surface area contributed by atoms with Crippen LogP contribution in [0, 0.1) is 0 Å². The van der Waals surface area contributed by atoms with E-state index in [0.29, 0.717) is 40.3 Å². The number of aromatic nitrogens is 2. The summed E-state index contributed by atoms with van der Waals surface area (Å²) in [5.41, 5.74) is 2.34. The smallest absolute Gasteiger partial charge is 0.230 e. The van der Waals surface area contributed by atoms with Crippen LogP contribution in [0.3, 0.4) is 0 Å². The minimum Gasteiger partial charge on any atom is -0.439 e. The molecule has 1 aromatic heterocycles. The number of hydrogen-bond acceptors (Lipinski definition) is 3. The maximum Gasteiger partial charge on any atom is 0.230 e. The Morgan fingerprint density at radius 1 is 1.11 bits per heavy atom. The highest BCUT2D eigenvalue weighted by atomic mass is 35.5. The van der Waals surface area contributed by atoms with Crippen LogP contribution in [-0.2, 0) is 24.2 Å². The Hall–Kier alpha value is -2.50. The molecule has 1 heterocycles. The lowest BCUT2D eigenvalue weighted by atomic mass is 10.1. The number of benzene rings is 2. The van der Waals surface area contributed by atoms with Gasteiger partial charge in [-0.05, 0) is 43.7 Å². The molecule has 3 aromatic rings. The molecule has 1 amide bonds. The molecule has 0 aliphatic carbocycles. The Kier molecular flexibility index (Phi) is 6.60. The number of para-hydroxylation sites is 1. The van der Waals surface area contributed by atoms with E-state index in [4.69, 9.17) is 27.9 Å². The van der Waals surface area contributed by atoms with Gasteiger partial charge in [-0.25, -0.2) is 4.68 Å². The van der Waals surface area contributed by atoms with Crippen molar-refractivity contribution in [2.45, 2.75) is 33.2 Å². The molecule has 0 saturated heterocycles. The van der Waals surface area contributed by atoms with E-state index < -0.39 is 0 Å². The summed E-state index contributed by atoms with van der Waals surface area (Å²) in [5, 5.41) is 8.46. The lowest BCUT2D eigenvalue weighted by Crippen LogP contribution is -2.15. The number of hydrogen-bond donors (Lipinski definition) is 1. The van der Waals surface area contributed by atoms with Gasteiger partial charge in [0.1, 0.15) is 5.75 Å². The molecule has 28 heavy (non-hydrogen) atoms. The third-order valence-electron chi connectivity index (χ3n) is 4.17. The zero-order valence-corrected chi connectivity index (χ0v) is 17.2. The number of nitrogens with one attached hydrogen (secondary N) is 1. The fraction of sp³-hybridized carbons (Fsp3) is 0.238. The monoisotopic (exact) mass is 417 g/mol. The molecule has 0 aliphatic heterocycles. The summed E-state index contributed by atoms with van der Waals surface area (Å²) in [6.45, 7) is 4.59. The van der Waals surface area contributed by atoms with Gasteiger partial charge in [0.05, 0.1) is 12.1 Å². The zero-order valence-electron chi connectivity index (χ0n) is 15.7. The molecule has 0 saturated carbocycles. The highest BCUT2D eigenvalue weighted by molar-refractivity contribution is 6.34. The van der Waals surface area contributed by atoms with E-state index >= 15 is 0 Å². The molecule has 5 nitrogen and oxygen atoms in total. The van der Waals surface area contributed by atoms with Gasteiger partial charge >= 0.3 is 0 Å². The first-order valence-electron chi connectivity index (χ1n) is 9.07. The SMILES string of the molecule is CCc1c(CC(=O)Nc2ccccc2)nn(CC)c1Oc1cc(Cl)cc(Cl)c1. The predicted octanol–water partition coefficient (Wildman–Crippen LogP) is 5.75. The summed E-state index contributed by atoms with van der Waals surface area (Å²) in [7, 11) is 0. The average molecular weight is 418 g/mol. The third-order valence-corrected chi connectivity index (χ3v) is 4.61. The molecule has 0 spiro atoms. The molecule has 146 valence electrons. The van der Waals surface area contributed by atoms with E-state index in [9.17, 15) is 4.79 Å². The number of aryl methyl sites for hydroxylation is 1. The van der Waals surface area contributed by atoms with Crippen LogP contribution in [0.1, 0.15) is 25.1 Å². The topological polar surface area (TPSA) is 56.2 Å². The van der Waals surface area contributed by atoms with E-state index in [0.717, 1.165) is 11.3 Å². The molecule has 0 bridgehead atoms. The molecule has 2 aromatic carbocycles. The molecule has 3 rings (SSSR count). The van der Waals surface area contributed by atoms with Gasteiger partial charge in [0.2, 0.25) is 11.8 Å². The maximum absolute atomic E-state index is 12.5. The van der Waals surface area contributed by atoms with E-state index in [1.54, 1.807) is 22.9 Å². The van der Waals surface area contributed by atoms with Crippen LogP contribution in [0.25, 0.3) is 0 Å². The summed E-state index contributed by atoms with van der Waals surface area (Å²) >= 11 is 12.1. The number of halogens is 2. The van der Waals surface area contributed by atoms with Crippen molar-refractivity contribution in [3.63, 3.8) is 0 Å². The van der Waals surface area contributed by atoms with Crippen LogP contribution in [-0.4, -0.2) is 15.7 Å². The number of ether oxygens (including phenoxy) is 1. The summed E-state index contributed by atoms with van der Waals surface area (Å²) in [4.78, 5) is 12.5. The second-order valence-corrected chi connectivity index (χ2v) is 7.07. The summed E-state index contributed by atoms with van der Waals surface area (Å²) in [6.07, 6.45) is 0.843. The molecular weight excluding hydrogens is 397 g/mol. The minimum atomic E-state index is -0.126. The molecule has 1 N–H and O–H groups in total. The van der Waals surface area contributed by atoms with E-state index in [1.807, 2.05) is 44.2 Å². The molecular formula is C21H21Cl2N3O2. The number of anilines is 1. The van der Waals surface area contributed by atoms with Crippen molar-refractivity contribution in [3.05, 3.63) is 69.8 Å². The van der Waals surface area contributed by atoms with Crippen LogP contribution < -0.4 is 10.1 Å². The Morgan fingerprint density at radius 3 is 2.39 bits per heavy atom. The lowest BCUT2D eigenvalue weighted by Gasteiger charge is -2.10. The highest BCUT2D eigenvalue weighted by Gasteiger charge is 2.20. The van der Waals surface area contributed by atoms with E-state index in [1.165, 1.54) is 0 Å². The Bertz CT molecular complexity index is 951. The summed E-state index contributed by atoms with van der Waals surface area (Å²) in [5.74, 6) is 1.01. The van der Waals surface area contributed by atoms with Crippen molar-refractivity contribution in [1.82, 2.24) is 9.78 Å². The highest BCUT2D eigenvalue weighted by Crippen LogP contribution is 2.32. The Morgan fingerprint density at radius 2 is 1.79 bits per heavy atom. The molecule has 0 unspecified atom stereocenters. The van der Waals surface area contributed by atoms with Crippen LogP contribution in [0.5, 0.6) is 11.6 Å². The van der Waals surface area contributed by atoms with Gasteiger partial charge in [-0.15, -0.1) is 0 Å².